The van der Waals surface area contributed by atoms with Gasteiger partial charge >= 0.3 is 5.69 Å². The number of hydrogen-bond acceptors (Lipinski definition) is 6. The van der Waals surface area contributed by atoms with Crippen molar-refractivity contribution in [1.29, 1.82) is 5.26 Å². The van der Waals surface area contributed by atoms with E-state index in [0.717, 1.165) is 16.7 Å². The maximum atomic E-state index is 12.6. The van der Waals surface area contributed by atoms with E-state index in [4.69, 9.17) is 14.2 Å². The first-order valence-electron chi connectivity index (χ1n) is 13.3. The molecule has 208 valence electrons. The summed E-state index contributed by atoms with van der Waals surface area (Å²) in [5.41, 5.74) is -0.0407. The number of rotatable bonds is 9. The molecule has 1 fully saturated rings. The molecule has 0 spiro atoms. The standard InChI is InChI=1S/C33H31N3O5/c1-23-29(36-20-18-30(37)35-31(36)38)17-19-32(23,21-34)22-41-33(24-7-5-4-6-8-24,25-9-13-27(39-2)14-10-25)26-11-15-28(40-3)16-12-26/h4-16,18,20,29H,1,17,19,22H2,2-3H3,(H,35,37,38). The van der Waals surface area contributed by atoms with Crippen LogP contribution < -0.4 is 20.7 Å². The molecule has 1 N–H and O–H groups in total. The highest BCUT2D eigenvalue weighted by molar-refractivity contribution is 5.50. The molecule has 1 aliphatic rings. The van der Waals surface area contributed by atoms with Crippen LogP contribution in [-0.4, -0.2) is 30.4 Å². The minimum Gasteiger partial charge on any atom is -0.497 e. The third-order valence-corrected chi connectivity index (χ3v) is 7.97. The Morgan fingerprint density at radius 2 is 1.49 bits per heavy atom. The SMILES string of the molecule is C=C1C(n2ccc(=O)[nH]c2=O)CCC1(C#N)COC(c1ccccc1)(c1ccc(OC)cc1)c1ccc(OC)cc1. The van der Waals surface area contributed by atoms with Crippen LogP contribution in [0.25, 0.3) is 0 Å². The molecule has 5 rings (SSSR count). The predicted molar refractivity (Wildman–Crippen MR) is 155 cm³/mol. The van der Waals surface area contributed by atoms with Crippen LogP contribution in [0, 0.1) is 16.7 Å². The molecule has 1 saturated carbocycles. The van der Waals surface area contributed by atoms with Crippen LogP contribution in [0.4, 0.5) is 0 Å². The maximum Gasteiger partial charge on any atom is 0.328 e. The summed E-state index contributed by atoms with van der Waals surface area (Å²) in [6, 6.07) is 28.5. The van der Waals surface area contributed by atoms with Gasteiger partial charge < -0.3 is 14.2 Å². The lowest BCUT2D eigenvalue weighted by molar-refractivity contribution is -0.0155. The Kier molecular flexibility index (Phi) is 7.64. The largest absolute Gasteiger partial charge is 0.497 e. The zero-order chi connectivity index (χ0) is 29.0. The van der Waals surface area contributed by atoms with Gasteiger partial charge in [-0.25, -0.2) is 4.79 Å². The summed E-state index contributed by atoms with van der Waals surface area (Å²) in [4.78, 5) is 26.5. The van der Waals surface area contributed by atoms with Crippen LogP contribution in [0.15, 0.2) is 113 Å². The minimum absolute atomic E-state index is 0.0177. The zero-order valence-corrected chi connectivity index (χ0v) is 23.0. The molecule has 1 aliphatic carbocycles. The van der Waals surface area contributed by atoms with Gasteiger partial charge in [-0.15, -0.1) is 0 Å². The molecule has 0 aliphatic heterocycles. The van der Waals surface area contributed by atoms with E-state index in [-0.39, 0.29) is 6.61 Å². The fourth-order valence-electron chi connectivity index (χ4n) is 5.65. The number of aromatic nitrogens is 2. The fraction of sp³-hybridized carbons (Fsp3) is 0.242. The quantitative estimate of drug-likeness (QED) is 0.234. The molecule has 1 aromatic heterocycles. The summed E-state index contributed by atoms with van der Waals surface area (Å²) < 4.78 is 19.3. The summed E-state index contributed by atoms with van der Waals surface area (Å²) in [5, 5.41) is 10.5. The van der Waals surface area contributed by atoms with Gasteiger partial charge in [-0.1, -0.05) is 61.2 Å². The van der Waals surface area contributed by atoms with E-state index < -0.39 is 28.3 Å². The summed E-state index contributed by atoms with van der Waals surface area (Å²) in [7, 11) is 3.23. The van der Waals surface area contributed by atoms with Crippen LogP contribution in [0.3, 0.4) is 0 Å². The smallest absolute Gasteiger partial charge is 0.328 e. The monoisotopic (exact) mass is 549 g/mol. The second-order valence-electron chi connectivity index (χ2n) is 10.1. The Morgan fingerprint density at radius 1 is 0.927 bits per heavy atom. The van der Waals surface area contributed by atoms with E-state index in [0.29, 0.717) is 29.9 Å². The number of aromatic amines is 1. The first-order valence-corrected chi connectivity index (χ1v) is 13.3. The molecule has 3 aromatic carbocycles. The molecular formula is C33H31N3O5. The lowest BCUT2D eigenvalue weighted by Gasteiger charge is -2.38. The third kappa shape index (κ3) is 4.96. The second kappa shape index (κ2) is 11.3. The lowest BCUT2D eigenvalue weighted by Crippen LogP contribution is -2.38. The van der Waals surface area contributed by atoms with Crippen LogP contribution in [-0.2, 0) is 10.3 Å². The summed E-state index contributed by atoms with van der Waals surface area (Å²) in [6.45, 7) is 4.29. The van der Waals surface area contributed by atoms with Gasteiger partial charge in [0.15, 0.2) is 0 Å². The number of H-pyrrole nitrogens is 1. The highest BCUT2D eigenvalue weighted by Gasteiger charge is 2.48. The molecule has 0 amide bonds. The molecule has 0 radical (unpaired) electrons. The molecular weight excluding hydrogens is 518 g/mol. The van der Waals surface area contributed by atoms with Gasteiger partial charge in [0.1, 0.15) is 22.5 Å². The summed E-state index contributed by atoms with van der Waals surface area (Å²) >= 11 is 0. The normalized spacial score (nSPS) is 18.6. The van der Waals surface area contributed by atoms with E-state index >= 15 is 0 Å². The molecule has 0 bridgehead atoms. The minimum atomic E-state index is -1.10. The van der Waals surface area contributed by atoms with Crippen molar-refractivity contribution in [3.8, 4) is 17.6 Å². The van der Waals surface area contributed by atoms with Gasteiger partial charge in [0, 0.05) is 12.3 Å². The first-order chi connectivity index (χ1) is 19.9. The van der Waals surface area contributed by atoms with Crippen LogP contribution in [0.2, 0.25) is 0 Å². The van der Waals surface area contributed by atoms with Crippen molar-refractivity contribution in [1.82, 2.24) is 9.55 Å². The van der Waals surface area contributed by atoms with Crippen LogP contribution in [0.1, 0.15) is 35.6 Å². The molecule has 2 atom stereocenters. The van der Waals surface area contributed by atoms with Gasteiger partial charge in [-0.3, -0.25) is 14.3 Å². The molecule has 2 unspecified atom stereocenters. The van der Waals surface area contributed by atoms with E-state index in [1.807, 2.05) is 78.9 Å². The Labute approximate surface area is 238 Å². The van der Waals surface area contributed by atoms with Gasteiger partial charge in [0.25, 0.3) is 5.56 Å². The van der Waals surface area contributed by atoms with Crippen molar-refractivity contribution in [3.05, 3.63) is 141 Å². The van der Waals surface area contributed by atoms with Gasteiger partial charge in [0.05, 0.1) is 32.9 Å². The Balaban J connectivity index is 1.61. The molecule has 8 nitrogen and oxygen atoms in total. The lowest BCUT2D eigenvalue weighted by atomic mass is 9.79. The Hall–Kier alpha value is -4.87. The van der Waals surface area contributed by atoms with E-state index in [9.17, 15) is 14.9 Å². The van der Waals surface area contributed by atoms with E-state index in [2.05, 4.69) is 17.6 Å². The van der Waals surface area contributed by atoms with Gasteiger partial charge in [-0.2, -0.15) is 5.26 Å². The van der Waals surface area contributed by atoms with Crippen molar-refractivity contribution in [2.45, 2.75) is 24.5 Å². The molecule has 1 heterocycles. The number of benzene rings is 3. The van der Waals surface area contributed by atoms with E-state index in [1.165, 1.54) is 16.8 Å². The van der Waals surface area contributed by atoms with Crippen molar-refractivity contribution in [3.63, 3.8) is 0 Å². The van der Waals surface area contributed by atoms with Crippen LogP contribution in [0.5, 0.6) is 11.5 Å². The number of ether oxygens (including phenoxy) is 3. The highest BCUT2D eigenvalue weighted by atomic mass is 16.5. The molecule has 0 saturated heterocycles. The topological polar surface area (TPSA) is 106 Å². The first kappa shape index (κ1) is 27.7. The predicted octanol–water partition coefficient (Wildman–Crippen LogP) is 4.96. The maximum absolute atomic E-state index is 12.6. The van der Waals surface area contributed by atoms with Crippen molar-refractivity contribution in [2.75, 3.05) is 20.8 Å². The summed E-state index contributed by atoms with van der Waals surface area (Å²) in [6.07, 6.45) is 2.40. The average Bonchev–Trinajstić information content (AvgIpc) is 3.34. The number of nitrogens with one attached hydrogen (secondary N) is 1. The van der Waals surface area contributed by atoms with E-state index in [1.54, 1.807) is 14.2 Å². The number of methoxy groups -OCH3 is 2. The molecule has 8 heteroatoms. The number of nitrogens with zero attached hydrogens (tertiary/aromatic N) is 2. The summed E-state index contributed by atoms with van der Waals surface area (Å²) in [5.74, 6) is 1.41. The Morgan fingerprint density at radius 3 is 2.00 bits per heavy atom. The number of hydrogen-bond donors (Lipinski definition) is 1. The van der Waals surface area contributed by atoms with Gasteiger partial charge in [-0.05, 0) is 59.4 Å². The average molecular weight is 550 g/mol. The van der Waals surface area contributed by atoms with Crippen molar-refractivity contribution in [2.24, 2.45) is 5.41 Å². The van der Waals surface area contributed by atoms with Crippen molar-refractivity contribution < 1.29 is 14.2 Å². The Bertz CT molecular complexity index is 1640. The zero-order valence-electron chi connectivity index (χ0n) is 23.0. The molecule has 4 aromatic rings. The van der Waals surface area contributed by atoms with Crippen LogP contribution >= 0.6 is 0 Å². The number of nitriles is 1. The third-order valence-electron chi connectivity index (χ3n) is 7.97. The highest BCUT2D eigenvalue weighted by Crippen LogP contribution is 2.50. The van der Waals surface area contributed by atoms with Gasteiger partial charge in [0.2, 0.25) is 0 Å². The fourth-order valence-corrected chi connectivity index (χ4v) is 5.65. The van der Waals surface area contributed by atoms with Crippen molar-refractivity contribution >= 4 is 0 Å². The second-order valence-corrected chi connectivity index (χ2v) is 10.1. The molecule has 41 heavy (non-hydrogen) atoms.